The van der Waals surface area contributed by atoms with Gasteiger partial charge in [-0.05, 0) is 23.8 Å². The van der Waals surface area contributed by atoms with Crippen LogP contribution in [-0.4, -0.2) is 19.7 Å². The molecule has 0 aliphatic rings. The van der Waals surface area contributed by atoms with Crippen molar-refractivity contribution in [1.29, 1.82) is 0 Å². The molecular formula is C21H14N4S. The van der Waals surface area contributed by atoms with Crippen LogP contribution in [0.25, 0.3) is 38.4 Å². The summed E-state index contributed by atoms with van der Waals surface area (Å²) in [5, 5.41) is 4.52. The second-order valence-electron chi connectivity index (χ2n) is 5.88. The zero-order chi connectivity index (χ0) is 17.3. The molecule has 0 amide bonds. The number of hydrogen-bond acceptors (Lipinski definition) is 4. The molecule has 0 saturated heterocycles. The highest BCUT2D eigenvalue weighted by atomic mass is 32.1. The van der Waals surface area contributed by atoms with Crippen LogP contribution in [0.4, 0.5) is 0 Å². The smallest absolute Gasteiger partial charge is 0.165 e. The first-order valence-electron chi connectivity index (χ1n) is 8.29. The molecule has 5 aromatic rings. The van der Waals surface area contributed by atoms with Crippen molar-refractivity contribution in [3.63, 3.8) is 0 Å². The largest absolute Gasteiger partial charge is 0.244 e. The summed E-state index contributed by atoms with van der Waals surface area (Å²) in [6.45, 7) is 0. The fourth-order valence-corrected chi connectivity index (χ4v) is 3.89. The first-order valence-corrected chi connectivity index (χ1v) is 9.17. The third-order valence-electron chi connectivity index (χ3n) is 4.37. The third-order valence-corrected chi connectivity index (χ3v) is 5.16. The van der Waals surface area contributed by atoms with Crippen molar-refractivity contribution in [2.45, 2.75) is 0 Å². The molecule has 0 bridgehead atoms. The molecule has 0 unspecified atom stereocenters. The fourth-order valence-electron chi connectivity index (χ4n) is 3.19. The zero-order valence-corrected chi connectivity index (χ0v) is 14.6. The maximum Gasteiger partial charge on any atom is 0.165 e. The topological polar surface area (TPSA) is 43.6 Å². The number of fused-ring (bicyclic) bond motifs is 1. The van der Waals surface area contributed by atoms with Gasteiger partial charge in [0, 0.05) is 11.1 Å². The van der Waals surface area contributed by atoms with E-state index in [2.05, 4.69) is 45.4 Å². The maximum absolute atomic E-state index is 4.54. The van der Waals surface area contributed by atoms with Crippen LogP contribution in [0.15, 0.2) is 84.6 Å². The predicted octanol–water partition coefficient (Wildman–Crippen LogP) is 5.21. The number of thiazole rings is 1. The van der Waals surface area contributed by atoms with Gasteiger partial charge in [-0.1, -0.05) is 54.6 Å². The van der Waals surface area contributed by atoms with Gasteiger partial charge in [0.15, 0.2) is 5.82 Å². The van der Waals surface area contributed by atoms with Gasteiger partial charge in [0.05, 0.1) is 21.4 Å². The summed E-state index contributed by atoms with van der Waals surface area (Å²) < 4.78 is 3.05. The van der Waals surface area contributed by atoms with Gasteiger partial charge in [0.25, 0.3) is 0 Å². The number of nitrogens with zero attached hydrogens (tertiary/aromatic N) is 4. The summed E-state index contributed by atoms with van der Waals surface area (Å²) in [6, 6.07) is 24.8. The summed E-state index contributed by atoms with van der Waals surface area (Å²) in [4.78, 5) is 9.07. The van der Waals surface area contributed by atoms with Crippen molar-refractivity contribution >= 4 is 21.6 Å². The van der Waals surface area contributed by atoms with Gasteiger partial charge >= 0.3 is 0 Å². The zero-order valence-electron chi connectivity index (χ0n) is 13.8. The number of para-hydroxylation sites is 2. The predicted molar refractivity (Wildman–Crippen MR) is 105 cm³/mol. The van der Waals surface area contributed by atoms with Crippen LogP contribution in [0.2, 0.25) is 0 Å². The Labute approximate surface area is 154 Å². The molecule has 0 atom stereocenters. The van der Waals surface area contributed by atoms with Gasteiger partial charge in [0.1, 0.15) is 6.33 Å². The van der Waals surface area contributed by atoms with Crippen molar-refractivity contribution in [1.82, 2.24) is 19.7 Å². The Morgan fingerprint density at radius 2 is 1.54 bits per heavy atom. The number of hydrogen-bond donors (Lipinski definition) is 0. The van der Waals surface area contributed by atoms with Crippen LogP contribution < -0.4 is 0 Å². The Balaban J connectivity index is 1.74. The summed E-state index contributed by atoms with van der Waals surface area (Å²) in [5.41, 5.74) is 7.08. The highest BCUT2D eigenvalue weighted by Crippen LogP contribution is 2.32. The summed E-state index contributed by atoms with van der Waals surface area (Å²) in [6.07, 6.45) is 1.60. The van der Waals surface area contributed by atoms with Gasteiger partial charge in [-0.3, -0.25) is 0 Å². The van der Waals surface area contributed by atoms with Gasteiger partial charge in [-0.15, -0.1) is 11.3 Å². The highest BCUT2D eigenvalue weighted by Gasteiger charge is 2.16. The van der Waals surface area contributed by atoms with E-state index in [9.17, 15) is 0 Å². The molecule has 0 fully saturated rings. The van der Waals surface area contributed by atoms with E-state index in [0.29, 0.717) is 0 Å². The highest BCUT2D eigenvalue weighted by molar-refractivity contribution is 7.16. The first-order chi connectivity index (χ1) is 12.9. The molecule has 0 radical (unpaired) electrons. The van der Waals surface area contributed by atoms with Gasteiger partial charge in [-0.2, -0.15) is 5.10 Å². The van der Waals surface area contributed by atoms with Crippen LogP contribution in [-0.2, 0) is 0 Å². The molecule has 0 spiro atoms. The number of aromatic nitrogens is 4. The van der Waals surface area contributed by atoms with Crippen molar-refractivity contribution in [2.75, 3.05) is 0 Å². The van der Waals surface area contributed by atoms with Crippen LogP contribution in [0.3, 0.4) is 0 Å². The van der Waals surface area contributed by atoms with Crippen LogP contribution in [0.1, 0.15) is 0 Å². The molecule has 0 saturated carbocycles. The Bertz CT molecular complexity index is 1190. The second-order valence-corrected chi connectivity index (χ2v) is 6.77. The van der Waals surface area contributed by atoms with Crippen LogP contribution in [0.5, 0.6) is 0 Å². The summed E-state index contributed by atoms with van der Waals surface area (Å²) >= 11 is 1.63. The minimum absolute atomic E-state index is 0.796. The fraction of sp³-hybridized carbons (Fsp3) is 0. The van der Waals surface area contributed by atoms with Crippen LogP contribution >= 0.6 is 11.3 Å². The molecule has 2 aromatic heterocycles. The minimum Gasteiger partial charge on any atom is -0.244 e. The monoisotopic (exact) mass is 354 g/mol. The Kier molecular flexibility index (Phi) is 3.57. The van der Waals surface area contributed by atoms with Crippen molar-refractivity contribution in [3.8, 4) is 28.2 Å². The van der Waals surface area contributed by atoms with E-state index >= 15 is 0 Å². The van der Waals surface area contributed by atoms with E-state index in [-0.39, 0.29) is 0 Å². The van der Waals surface area contributed by atoms with E-state index in [4.69, 9.17) is 0 Å². The quantitative estimate of drug-likeness (QED) is 0.447. The molecule has 0 aliphatic heterocycles. The van der Waals surface area contributed by atoms with E-state index in [1.54, 1.807) is 17.7 Å². The second kappa shape index (κ2) is 6.20. The summed E-state index contributed by atoms with van der Waals surface area (Å²) in [7, 11) is 0. The molecule has 0 N–H and O–H groups in total. The molecule has 5 heteroatoms. The SMILES string of the molecule is c1ccc(-c2ccccc2-n2ncnc2-c2cccc3scnc23)cc1. The van der Waals surface area contributed by atoms with E-state index in [0.717, 1.165) is 38.4 Å². The Hall–Kier alpha value is -3.31. The Morgan fingerprint density at radius 1 is 0.731 bits per heavy atom. The number of benzene rings is 3. The number of rotatable bonds is 3. The molecule has 2 heterocycles. The molecular weight excluding hydrogens is 340 g/mol. The van der Waals surface area contributed by atoms with Gasteiger partial charge in [0.2, 0.25) is 0 Å². The molecule has 5 rings (SSSR count). The molecule has 26 heavy (non-hydrogen) atoms. The van der Waals surface area contributed by atoms with Crippen molar-refractivity contribution in [2.24, 2.45) is 0 Å². The lowest BCUT2D eigenvalue weighted by Crippen LogP contribution is -2.02. The van der Waals surface area contributed by atoms with Crippen molar-refractivity contribution < 1.29 is 0 Å². The van der Waals surface area contributed by atoms with Gasteiger partial charge < -0.3 is 0 Å². The lowest BCUT2D eigenvalue weighted by Gasteiger charge is -2.12. The molecule has 124 valence electrons. The average molecular weight is 354 g/mol. The standard InChI is InChI=1S/C21H14N4S/c1-2-7-15(8-3-1)16-9-4-5-11-18(16)25-21(22-13-24-25)17-10-6-12-19-20(17)23-14-26-19/h1-14H. The average Bonchev–Trinajstić information content (AvgIpc) is 3.38. The molecule has 4 nitrogen and oxygen atoms in total. The molecule has 3 aromatic carbocycles. The van der Waals surface area contributed by atoms with Crippen molar-refractivity contribution in [3.05, 3.63) is 84.6 Å². The van der Waals surface area contributed by atoms with Crippen LogP contribution in [0, 0.1) is 0 Å². The normalized spacial score (nSPS) is 11.1. The lowest BCUT2D eigenvalue weighted by molar-refractivity contribution is 0.889. The summed E-state index contributed by atoms with van der Waals surface area (Å²) in [5.74, 6) is 0.796. The van der Waals surface area contributed by atoms with E-state index < -0.39 is 0 Å². The Morgan fingerprint density at radius 3 is 2.46 bits per heavy atom. The first kappa shape index (κ1) is 15.0. The van der Waals surface area contributed by atoms with Gasteiger partial charge in [-0.25, -0.2) is 14.6 Å². The van der Waals surface area contributed by atoms with E-state index in [1.807, 2.05) is 52.7 Å². The maximum atomic E-state index is 4.54. The third kappa shape index (κ3) is 2.41. The van der Waals surface area contributed by atoms with E-state index in [1.165, 1.54) is 0 Å². The minimum atomic E-state index is 0.796. The molecule has 0 aliphatic carbocycles. The lowest BCUT2D eigenvalue weighted by atomic mass is 10.0.